The molecule has 2 N–H and O–H groups in total. The lowest BCUT2D eigenvalue weighted by Crippen LogP contribution is -2.47. The van der Waals surface area contributed by atoms with Crippen LogP contribution in [0, 0.1) is 0 Å². The highest BCUT2D eigenvalue weighted by atomic mass is 16.2. The standard InChI is InChI=1S/C26H26N6O2/c1-31-12-14-32(15-13-31)26(34)19-8-6-18(7-9-19)23-16-20(10-11-27-23)25(33)28-17-24-29-21-4-2-3-5-22(21)30-24/h2-11,16H,12-15,17H2,1H3,(H,28,33)(H,29,30). The van der Waals surface area contributed by atoms with Gasteiger partial charge in [0.15, 0.2) is 0 Å². The van der Waals surface area contributed by atoms with Gasteiger partial charge in [0.05, 0.1) is 23.3 Å². The molecule has 2 aromatic heterocycles. The van der Waals surface area contributed by atoms with Crippen LogP contribution in [0.1, 0.15) is 26.5 Å². The zero-order chi connectivity index (χ0) is 23.5. The number of aromatic amines is 1. The van der Waals surface area contributed by atoms with E-state index in [2.05, 4.69) is 32.2 Å². The smallest absolute Gasteiger partial charge is 0.253 e. The van der Waals surface area contributed by atoms with Crippen LogP contribution in [0.3, 0.4) is 0 Å². The van der Waals surface area contributed by atoms with Crippen LogP contribution in [-0.2, 0) is 6.54 Å². The summed E-state index contributed by atoms with van der Waals surface area (Å²) < 4.78 is 0. The summed E-state index contributed by atoms with van der Waals surface area (Å²) in [4.78, 5) is 41.7. The molecular weight excluding hydrogens is 428 g/mol. The maximum absolute atomic E-state index is 12.8. The van der Waals surface area contributed by atoms with E-state index in [9.17, 15) is 9.59 Å². The maximum Gasteiger partial charge on any atom is 0.253 e. The largest absolute Gasteiger partial charge is 0.345 e. The van der Waals surface area contributed by atoms with Gasteiger partial charge in [-0.25, -0.2) is 4.98 Å². The third-order valence-corrected chi connectivity index (χ3v) is 6.10. The second kappa shape index (κ2) is 9.44. The van der Waals surface area contributed by atoms with Gasteiger partial charge in [-0.3, -0.25) is 14.6 Å². The Hall–Kier alpha value is -4.04. The van der Waals surface area contributed by atoms with Gasteiger partial charge in [0, 0.05) is 49.1 Å². The molecule has 0 radical (unpaired) electrons. The zero-order valence-corrected chi connectivity index (χ0v) is 19.0. The molecule has 0 spiro atoms. The van der Waals surface area contributed by atoms with E-state index in [1.807, 2.05) is 53.4 Å². The minimum atomic E-state index is -0.203. The number of H-pyrrole nitrogens is 1. The van der Waals surface area contributed by atoms with E-state index in [4.69, 9.17) is 0 Å². The van der Waals surface area contributed by atoms with E-state index < -0.39 is 0 Å². The first-order valence-electron chi connectivity index (χ1n) is 11.3. The summed E-state index contributed by atoms with van der Waals surface area (Å²) in [5.74, 6) is 0.543. The Morgan fingerprint density at radius 3 is 2.50 bits per heavy atom. The van der Waals surface area contributed by atoms with Crippen LogP contribution in [0.4, 0.5) is 0 Å². The van der Waals surface area contributed by atoms with Crippen LogP contribution in [0.25, 0.3) is 22.3 Å². The van der Waals surface area contributed by atoms with Gasteiger partial charge in [0.25, 0.3) is 11.8 Å². The maximum atomic E-state index is 12.8. The molecule has 2 amide bonds. The molecule has 3 heterocycles. The molecule has 1 aliphatic rings. The second-order valence-corrected chi connectivity index (χ2v) is 8.49. The van der Waals surface area contributed by atoms with Crippen molar-refractivity contribution in [3.05, 3.63) is 83.8 Å². The molecule has 5 rings (SSSR count). The Balaban J connectivity index is 1.25. The van der Waals surface area contributed by atoms with Crippen molar-refractivity contribution < 1.29 is 9.59 Å². The molecule has 4 aromatic rings. The van der Waals surface area contributed by atoms with Gasteiger partial charge in [0.2, 0.25) is 0 Å². The van der Waals surface area contributed by atoms with Gasteiger partial charge in [-0.15, -0.1) is 0 Å². The van der Waals surface area contributed by atoms with Crippen molar-refractivity contribution in [2.75, 3.05) is 33.2 Å². The lowest BCUT2D eigenvalue weighted by Gasteiger charge is -2.32. The Morgan fingerprint density at radius 1 is 0.971 bits per heavy atom. The summed E-state index contributed by atoms with van der Waals surface area (Å²) in [6.45, 7) is 3.56. The van der Waals surface area contributed by atoms with E-state index >= 15 is 0 Å². The van der Waals surface area contributed by atoms with Gasteiger partial charge in [0.1, 0.15) is 5.82 Å². The van der Waals surface area contributed by atoms with Crippen molar-refractivity contribution in [1.29, 1.82) is 0 Å². The molecular formula is C26H26N6O2. The minimum Gasteiger partial charge on any atom is -0.345 e. The number of carbonyl (C=O) groups excluding carboxylic acids is 2. The average Bonchev–Trinajstić information content (AvgIpc) is 3.31. The van der Waals surface area contributed by atoms with Crippen LogP contribution in [0.15, 0.2) is 66.9 Å². The summed E-state index contributed by atoms with van der Waals surface area (Å²) in [5.41, 5.74) is 4.50. The van der Waals surface area contributed by atoms with E-state index in [1.165, 1.54) is 0 Å². The molecule has 172 valence electrons. The fourth-order valence-electron chi connectivity index (χ4n) is 4.06. The molecule has 8 heteroatoms. The summed E-state index contributed by atoms with van der Waals surface area (Å²) in [6.07, 6.45) is 1.62. The number of fused-ring (bicyclic) bond motifs is 1. The zero-order valence-electron chi connectivity index (χ0n) is 19.0. The van der Waals surface area contributed by atoms with Gasteiger partial charge >= 0.3 is 0 Å². The number of amides is 2. The Labute approximate surface area is 197 Å². The molecule has 1 saturated heterocycles. The number of para-hydroxylation sites is 2. The van der Waals surface area contributed by atoms with Gasteiger partial charge in [-0.2, -0.15) is 0 Å². The number of likely N-dealkylation sites (N-methyl/N-ethyl adjacent to an activating group) is 1. The highest BCUT2D eigenvalue weighted by Crippen LogP contribution is 2.20. The highest BCUT2D eigenvalue weighted by molar-refractivity contribution is 5.96. The fourth-order valence-corrected chi connectivity index (χ4v) is 4.06. The first-order valence-corrected chi connectivity index (χ1v) is 11.3. The van der Waals surface area contributed by atoms with Crippen LogP contribution in [-0.4, -0.2) is 69.8 Å². The number of nitrogens with one attached hydrogen (secondary N) is 2. The van der Waals surface area contributed by atoms with Crippen molar-refractivity contribution in [3.8, 4) is 11.3 Å². The summed E-state index contributed by atoms with van der Waals surface area (Å²) in [7, 11) is 2.07. The number of nitrogens with zero attached hydrogens (tertiary/aromatic N) is 4. The lowest BCUT2D eigenvalue weighted by molar-refractivity contribution is 0.0664. The molecule has 0 atom stereocenters. The molecule has 2 aromatic carbocycles. The average molecular weight is 455 g/mol. The number of hydrogen-bond acceptors (Lipinski definition) is 5. The number of imidazole rings is 1. The molecule has 0 aliphatic carbocycles. The summed E-state index contributed by atoms with van der Waals surface area (Å²) in [5, 5.41) is 2.90. The van der Waals surface area contributed by atoms with E-state index in [1.54, 1.807) is 18.3 Å². The number of pyridine rings is 1. The monoisotopic (exact) mass is 454 g/mol. The number of benzene rings is 2. The topological polar surface area (TPSA) is 94.2 Å². The first kappa shape index (κ1) is 21.8. The summed E-state index contributed by atoms with van der Waals surface area (Å²) in [6, 6.07) is 18.6. The Bertz CT molecular complexity index is 1290. The number of rotatable bonds is 5. The quantitative estimate of drug-likeness (QED) is 0.484. The second-order valence-electron chi connectivity index (χ2n) is 8.49. The first-order chi connectivity index (χ1) is 16.6. The predicted octanol–water partition coefficient (Wildman–Crippen LogP) is 2.94. The van der Waals surface area contributed by atoms with Crippen LogP contribution in [0.2, 0.25) is 0 Å². The Kier molecular flexibility index (Phi) is 6.05. The molecule has 1 aliphatic heterocycles. The Morgan fingerprint density at radius 2 is 1.74 bits per heavy atom. The SMILES string of the molecule is CN1CCN(C(=O)c2ccc(-c3cc(C(=O)NCc4nc5ccccc5[nH]4)ccn3)cc2)CC1. The summed E-state index contributed by atoms with van der Waals surface area (Å²) >= 11 is 0. The minimum absolute atomic E-state index is 0.0475. The van der Waals surface area contributed by atoms with E-state index in [0.29, 0.717) is 29.2 Å². The highest BCUT2D eigenvalue weighted by Gasteiger charge is 2.20. The van der Waals surface area contributed by atoms with E-state index in [-0.39, 0.29) is 11.8 Å². The van der Waals surface area contributed by atoms with Crippen LogP contribution in [0.5, 0.6) is 0 Å². The molecule has 1 fully saturated rings. The van der Waals surface area contributed by atoms with Gasteiger partial charge in [-0.05, 0) is 43.4 Å². The number of aromatic nitrogens is 3. The normalized spacial score (nSPS) is 14.3. The molecule has 8 nitrogen and oxygen atoms in total. The molecule has 34 heavy (non-hydrogen) atoms. The molecule has 0 saturated carbocycles. The van der Waals surface area contributed by atoms with Crippen molar-refractivity contribution >= 4 is 22.8 Å². The number of piperazine rings is 1. The number of hydrogen-bond donors (Lipinski definition) is 2. The van der Waals surface area contributed by atoms with E-state index in [0.717, 1.165) is 42.8 Å². The number of carbonyl (C=O) groups is 2. The third kappa shape index (κ3) is 4.67. The molecule has 0 bridgehead atoms. The van der Waals surface area contributed by atoms with Crippen LogP contribution < -0.4 is 5.32 Å². The predicted molar refractivity (Wildman–Crippen MR) is 130 cm³/mol. The van der Waals surface area contributed by atoms with Gasteiger partial charge < -0.3 is 20.1 Å². The van der Waals surface area contributed by atoms with Crippen molar-refractivity contribution in [2.45, 2.75) is 6.54 Å². The van der Waals surface area contributed by atoms with Crippen LogP contribution >= 0.6 is 0 Å². The lowest BCUT2D eigenvalue weighted by atomic mass is 10.1. The van der Waals surface area contributed by atoms with Crippen molar-refractivity contribution in [3.63, 3.8) is 0 Å². The molecule has 0 unspecified atom stereocenters. The van der Waals surface area contributed by atoms with Gasteiger partial charge in [-0.1, -0.05) is 24.3 Å². The van der Waals surface area contributed by atoms with Crippen molar-refractivity contribution in [1.82, 2.24) is 30.1 Å². The third-order valence-electron chi connectivity index (χ3n) is 6.10. The fraction of sp³-hybridized carbons (Fsp3) is 0.231. The van der Waals surface area contributed by atoms with Crippen molar-refractivity contribution in [2.24, 2.45) is 0 Å².